The Bertz CT molecular complexity index is 389. The van der Waals surface area contributed by atoms with Crippen LogP contribution >= 0.6 is 0 Å². The molecule has 1 nitrogen and oxygen atoms in total. The van der Waals surface area contributed by atoms with Gasteiger partial charge in [-0.1, -0.05) is 75.3 Å². The molecule has 1 aromatic rings. The Morgan fingerprint density at radius 1 is 1.06 bits per heavy atom. The van der Waals surface area contributed by atoms with E-state index in [-0.39, 0.29) is 6.10 Å². The van der Waals surface area contributed by atoms with Crippen LogP contribution in [-0.2, 0) is 0 Å². The quantitative estimate of drug-likeness (QED) is 0.797. The van der Waals surface area contributed by atoms with Gasteiger partial charge >= 0.3 is 0 Å². The van der Waals surface area contributed by atoms with E-state index in [2.05, 4.69) is 58.6 Å². The maximum Gasteiger partial charge on any atom is 0.0818 e. The van der Waals surface area contributed by atoms with E-state index in [1.54, 1.807) is 0 Å². The van der Waals surface area contributed by atoms with Gasteiger partial charge in [0.15, 0.2) is 0 Å². The van der Waals surface area contributed by atoms with Crippen molar-refractivity contribution < 1.29 is 5.11 Å². The number of aliphatic hydroxyl groups is 1. The summed E-state index contributed by atoms with van der Waals surface area (Å²) in [4.78, 5) is 0. The molecule has 0 heterocycles. The van der Waals surface area contributed by atoms with Gasteiger partial charge in [0, 0.05) is 0 Å². The molecule has 0 saturated heterocycles. The van der Waals surface area contributed by atoms with Gasteiger partial charge in [-0.3, -0.25) is 0 Å². The first-order valence-corrected chi connectivity index (χ1v) is 10.6. The first-order chi connectivity index (χ1) is 8.29. The Hall–Kier alpha value is -0.603. The predicted octanol–water partition coefficient (Wildman–Crippen LogP) is 4.01. The van der Waals surface area contributed by atoms with Crippen molar-refractivity contribution in [2.24, 2.45) is 5.92 Å². The Kier molecular flexibility index (Phi) is 5.17. The van der Waals surface area contributed by atoms with Crippen molar-refractivity contribution in [1.82, 2.24) is 0 Å². The lowest BCUT2D eigenvalue weighted by molar-refractivity contribution is 0.103. The van der Waals surface area contributed by atoms with E-state index in [0.717, 1.165) is 18.4 Å². The molecule has 1 aromatic carbocycles. The molecule has 2 heteroatoms. The van der Waals surface area contributed by atoms with Gasteiger partial charge in [-0.05, 0) is 18.4 Å². The molecular formula is C16H28OSi. The van der Waals surface area contributed by atoms with Gasteiger partial charge in [0.05, 0.1) is 14.2 Å². The second-order valence-corrected chi connectivity index (χ2v) is 11.5. The molecule has 0 aliphatic heterocycles. The number of benzene rings is 1. The van der Waals surface area contributed by atoms with Crippen molar-refractivity contribution in [2.75, 3.05) is 0 Å². The SMILES string of the molecule is CCC(CC)C(O)c1cc(C)cc([Si](C)(C)C)c1. The lowest BCUT2D eigenvalue weighted by Gasteiger charge is -2.24. The summed E-state index contributed by atoms with van der Waals surface area (Å²) in [6.07, 6.45) is 1.76. The van der Waals surface area contributed by atoms with Crippen LogP contribution in [0.5, 0.6) is 0 Å². The zero-order valence-electron chi connectivity index (χ0n) is 12.7. The first kappa shape index (κ1) is 15.5. The third-order valence-electron chi connectivity index (χ3n) is 3.80. The summed E-state index contributed by atoms with van der Waals surface area (Å²) >= 11 is 0. The zero-order valence-corrected chi connectivity index (χ0v) is 13.7. The summed E-state index contributed by atoms with van der Waals surface area (Å²) in [5, 5.41) is 12.0. The lowest BCUT2D eigenvalue weighted by Crippen LogP contribution is -2.38. The highest BCUT2D eigenvalue weighted by atomic mass is 28.3. The zero-order chi connectivity index (χ0) is 13.9. The molecule has 1 atom stereocenters. The highest BCUT2D eigenvalue weighted by molar-refractivity contribution is 6.88. The second kappa shape index (κ2) is 6.03. The average Bonchev–Trinajstić information content (AvgIpc) is 2.28. The minimum absolute atomic E-state index is 0.310. The van der Waals surface area contributed by atoms with E-state index in [1.165, 1.54) is 10.8 Å². The molecule has 0 aliphatic carbocycles. The van der Waals surface area contributed by atoms with Gasteiger partial charge in [0.25, 0.3) is 0 Å². The Balaban J connectivity index is 3.13. The Morgan fingerprint density at radius 2 is 1.61 bits per heavy atom. The van der Waals surface area contributed by atoms with Crippen LogP contribution in [0, 0.1) is 12.8 Å². The van der Waals surface area contributed by atoms with E-state index < -0.39 is 8.07 Å². The van der Waals surface area contributed by atoms with Crippen LogP contribution in [0.15, 0.2) is 18.2 Å². The molecule has 0 radical (unpaired) electrons. The molecule has 0 amide bonds. The van der Waals surface area contributed by atoms with Crippen molar-refractivity contribution in [3.63, 3.8) is 0 Å². The predicted molar refractivity (Wildman–Crippen MR) is 83.2 cm³/mol. The van der Waals surface area contributed by atoms with Crippen LogP contribution < -0.4 is 5.19 Å². The van der Waals surface area contributed by atoms with Crippen molar-refractivity contribution in [1.29, 1.82) is 0 Å². The molecule has 102 valence electrons. The summed E-state index contributed by atoms with van der Waals surface area (Å²) in [6.45, 7) is 13.5. The molecule has 0 fully saturated rings. The monoisotopic (exact) mass is 264 g/mol. The Labute approximate surface area is 113 Å². The van der Waals surface area contributed by atoms with Gasteiger partial charge in [0.2, 0.25) is 0 Å². The standard InChI is InChI=1S/C16H28OSi/c1-7-13(8-2)16(17)14-9-12(3)10-15(11-14)18(4,5)6/h9-11,13,16-17H,7-8H2,1-6H3. The Morgan fingerprint density at radius 3 is 2.06 bits per heavy atom. The minimum Gasteiger partial charge on any atom is -0.388 e. The van der Waals surface area contributed by atoms with Gasteiger partial charge < -0.3 is 5.11 Å². The number of hydrogen-bond donors (Lipinski definition) is 1. The van der Waals surface area contributed by atoms with Crippen molar-refractivity contribution >= 4 is 13.3 Å². The van der Waals surface area contributed by atoms with Crippen molar-refractivity contribution in [2.45, 2.75) is 59.4 Å². The fourth-order valence-electron chi connectivity index (χ4n) is 2.42. The first-order valence-electron chi connectivity index (χ1n) is 7.09. The maximum atomic E-state index is 10.5. The molecular weight excluding hydrogens is 236 g/mol. The number of aliphatic hydroxyl groups excluding tert-OH is 1. The van der Waals surface area contributed by atoms with Gasteiger partial charge in [0.1, 0.15) is 0 Å². The summed E-state index contributed by atoms with van der Waals surface area (Å²) in [7, 11) is -1.31. The largest absolute Gasteiger partial charge is 0.388 e. The fourth-order valence-corrected chi connectivity index (χ4v) is 3.68. The molecule has 1 N–H and O–H groups in total. The van der Waals surface area contributed by atoms with E-state index in [0.29, 0.717) is 5.92 Å². The van der Waals surface area contributed by atoms with E-state index in [9.17, 15) is 5.11 Å². The summed E-state index contributed by atoms with van der Waals surface area (Å²) in [5.74, 6) is 0.376. The van der Waals surface area contributed by atoms with Crippen LogP contribution in [-0.4, -0.2) is 13.2 Å². The third-order valence-corrected chi connectivity index (χ3v) is 5.82. The molecule has 18 heavy (non-hydrogen) atoms. The topological polar surface area (TPSA) is 20.2 Å². The van der Waals surface area contributed by atoms with Crippen LogP contribution in [0.25, 0.3) is 0 Å². The maximum absolute atomic E-state index is 10.5. The molecule has 1 rings (SSSR count). The number of hydrogen-bond acceptors (Lipinski definition) is 1. The molecule has 0 aliphatic rings. The number of aryl methyl sites for hydroxylation is 1. The second-order valence-electron chi connectivity index (χ2n) is 6.40. The lowest BCUT2D eigenvalue weighted by atomic mass is 9.91. The van der Waals surface area contributed by atoms with Gasteiger partial charge in [-0.15, -0.1) is 0 Å². The van der Waals surface area contributed by atoms with Crippen molar-refractivity contribution in [3.8, 4) is 0 Å². The van der Waals surface area contributed by atoms with Crippen LogP contribution in [0.1, 0.15) is 43.9 Å². The van der Waals surface area contributed by atoms with E-state index in [4.69, 9.17) is 0 Å². The van der Waals surface area contributed by atoms with Crippen LogP contribution in [0.3, 0.4) is 0 Å². The minimum atomic E-state index is -1.31. The summed E-state index contributed by atoms with van der Waals surface area (Å²) in [6, 6.07) is 6.67. The summed E-state index contributed by atoms with van der Waals surface area (Å²) in [5.41, 5.74) is 2.39. The molecule has 0 bridgehead atoms. The van der Waals surface area contributed by atoms with Crippen molar-refractivity contribution in [3.05, 3.63) is 29.3 Å². The van der Waals surface area contributed by atoms with Crippen LogP contribution in [0.4, 0.5) is 0 Å². The number of rotatable bonds is 5. The van der Waals surface area contributed by atoms with Crippen LogP contribution in [0.2, 0.25) is 19.6 Å². The molecule has 1 unspecified atom stereocenters. The highest BCUT2D eigenvalue weighted by Gasteiger charge is 2.22. The molecule has 0 saturated carbocycles. The third kappa shape index (κ3) is 3.69. The normalized spacial score (nSPS) is 14.0. The fraction of sp³-hybridized carbons (Fsp3) is 0.625. The smallest absolute Gasteiger partial charge is 0.0818 e. The van der Waals surface area contributed by atoms with E-state index in [1.807, 2.05) is 0 Å². The van der Waals surface area contributed by atoms with Gasteiger partial charge in [-0.2, -0.15) is 0 Å². The average molecular weight is 264 g/mol. The molecule has 0 spiro atoms. The van der Waals surface area contributed by atoms with E-state index >= 15 is 0 Å². The summed E-state index contributed by atoms with van der Waals surface area (Å²) < 4.78 is 0. The molecule has 0 aromatic heterocycles. The van der Waals surface area contributed by atoms with Gasteiger partial charge in [-0.25, -0.2) is 0 Å². The highest BCUT2D eigenvalue weighted by Crippen LogP contribution is 2.27.